The van der Waals surface area contributed by atoms with Crippen molar-refractivity contribution in [3.63, 3.8) is 0 Å². The Bertz CT molecular complexity index is 1980. The van der Waals surface area contributed by atoms with Crippen molar-refractivity contribution in [1.29, 1.82) is 0 Å². The Balaban J connectivity index is 0.000000209. The Kier molecular flexibility index (Phi) is 15.7. The molecular weight excluding hydrogens is 765 g/mol. The number of sulfonamides is 1. The summed E-state index contributed by atoms with van der Waals surface area (Å²) in [7, 11) is -4.26. The van der Waals surface area contributed by atoms with Gasteiger partial charge in [-0.2, -0.15) is 6.08 Å². The maximum absolute atomic E-state index is 12.6. The van der Waals surface area contributed by atoms with E-state index in [1.54, 1.807) is 55.0 Å². The van der Waals surface area contributed by atoms with Gasteiger partial charge in [-0.15, -0.1) is 5.69 Å². The second kappa shape index (κ2) is 20.1. The number of aromatic nitrogens is 2. The number of nitro groups is 1. The number of hydrogen-bond donors (Lipinski definition) is 1. The van der Waals surface area contributed by atoms with Crippen LogP contribution >= 0.6 is 0 Å². The SMILES string of the molecule is CC(C)(C)OC(=O)NC[C@H]1C[C@H]1C1C=[C-]C=CC1OCC1CC1.O=[N+]([O-])c1ccccc1S(=O)(=O)[N-]c1ccccc1-c1ccccn1.[Ni+2].c1ccncc1. The molecule has 2 fully saturated rings. The number of alkyl carbamates (subject to hydrolysis) is 1. The Morgan fingerprint density at radius 1 is 0.982 bits per heavy atom. The number of benzene rings is 2. The number of rotatable bonds is 11. The molecule has 2 heterocycles. The van der Waals surface area contributed by atoms with Gasteiger partial charge in [0.15, 0.2) is 0 Å². The van der Waals surface area contributed by atoms with E-state index in [-0.39, 0.29) is 34.4 Å². The van der Waals surface area contributed by atoms with Gasteiger partial charge in [0.2, 0.25) is 0 Å². The van der Waals surface area contributed by atoms with Gasteiger partial charge in [-0.3, -0.25) is 26.2 Å². The molecule has 1 amide bonds. The summed E-state index contributed by atoms with van der Waals surface area (Å²) in [4.78, 5) is 29.6. The summed E-state index contributed by atoms with van der Waals surface area (Å²) in [5, 5.41) is 14.0. The number of nitro benzene ring substituents is 1. The number of pyridine rings is 2. The van der Waals surface area contributed by atoms with E-state index >= 15 is 0 Å². The van der Waals surface area contributed by atoms with Crippen LogP contribution in [0.2, 0.25) is 0 Å². The third-order valence-electron chi connectivity index (χ3n) is 8.62. The van der Waals surface area contributed by atoms with E-state index < -0.39 is 31.1 Å². The number of ether oxygens (including phenoxy) is 2. The normalized spacial score (nSPS) is 19.5. The number of carbonyl (C=O) groups excluding carboxylic acids is 1. The molecule has 2 saturated carbocycles. The molecule has 4 atom stereocenters. The molecule has 2 aromatic heterocycles. The van der Waals surface area contributed by atoms with Crippen molar-refractivity contribution in [3.05, 3.63) is 143 Å². The summed E-state index contributed by atoms with van der Waals surface area (Å²) in [6.45, 7) is 7.20. The van der Waals surface area contributed by atoms with Gasteiger partial charge in [-0.05, 0) is 99.6 Å². The largest absolute Gasteiger partial charge is 2.00 e. The van der Waals surface area contributed by atoms with Crippen molar-refractivity contribution in [2.45, 2.75) is 56.6 Å². The second-order valence-electron chi connectivity index (χ2n) is 14.1. The monoisotopic (exact) mass is 809 g/mol. The zero-order valence-corrected chi connectivity index (χ0v) is 32.6. The molecule has 2 aromatic carbocycles. The molecule has 55 heavy (non-hydrogen) atoms. The van der Waals surface area contributed by atoms with Crippen molar-refractivity contribution in [3.8, 4) is 11.3 Å². The van der Waals surface area contributed by atoms with E-state index in [0.29, 0.717) is 35.6 Å². The molecule has 3 aliphatic rings. The molecule has 2 unspecified atom stereocenters. The molecular formula is C41H45N5NiO7S. The fourth-order valence-electron chi connectivity index (χ4n) is 5.72. The topological polar surface area (TPSA) is 165 Å². The molecule has 12 nitrogen and oxygen atoms in total. The van der Waals surface area contributed by atoms with Crippen LogP contribution < -0.4 is 5.32 Å². The smallest absolute Gasteiger partial charge is 0.572 e. The molecule has 0 saturated heterocycles. The Labute approximate surface area is 333 Å². The number of amides is 1. The molecule has 292 valence electrons. The van der Waals surface area contributed by atoms with E-state index in [1.807, 2.05) is 45.0 Å². The summed E-state index contributed by atoms with van der Waals surface area (Å²) in [6, 6.07) is 22.7. The summed E-state index contributed by atoms with van der Waals surface area (Å²) >= 11 is 0. The van der Waals surface area contributed by atoms with Crippen LogP contribution in [0.25, 0.3) is 16.0 Å². The fourth-order valence-corrected chi connectivity index (χ4v) is 6.89. The maximum Gasteiger partial charge on any atom is 2.00 e. The summed E-state index contributed by atoms with van der Waals surface area (Å²) in [6.07, 6.45) is 18.1. The van der Waals surface area contributed by atoms with Crippen LogP contribution in [0.1, 0.15) is 40.0 Å². The third kappa shape index (κ3) is 13.7. The Morgan fingerprint density at radius 2 is 1.67 bits per heavy atom. The van der Waals surface area contributed by atoms with Crippen LogP contribution in [-0.4, -0.2) is 54.3 Å². The number of hydrogen-bond acceptors (Lipinski definition) is 9. The quantitative estimate of drug-likeness (QED) is 0.0676. The van der Waals surface area contributed by atoms with E-state index in [9.17, 15) is 23.3 Å². The summed E-state index contributed by atoms with van der Waals surface area (Å²) in [5.41, 5.74) is 0.284. The van der Waals surface area contributed by atoms with Gasteiger partial charge < -0.3 is 19.5 Å². The number of nitrogens with one attached hydrogen (secondary N) is 1. The van der Waals surface area contributed by atoms with Gasteiger partial charge in [0, 0.05) is 43.9 Å². The van der Waals surface area contributed by atoms with Gasteiger partial charge in [-0.1, -0.05) is 48.5 Å². The average molecular weight is 811 g/mol. The van der Waals surface area contributed by atoms with Crippen LogP contribution in [0.15, 0.2) is 127 Å². The number of carbonyl (C=O) groups is 1. The van der Waals surface area contributed by atoms with Crippen molar-refractivity contribution >= 4 is 27.5 Å². The average Bonchev–Trinajstić information content (AvgIpc) is 4.11. The van der Waals surface area contributed by atoms with Gasteiger partial charge in [0.05, 0.1) is 10.6 Å². The molecule has 14 heteroatoms. The van der Waals surface area contributed by atoms with E-state index in [2.05, 4.69) is 38.2 Å². The number of nitrogens with zero attached hydrogens (tertiary/aromatic N) is 4. The van der Waals surface area contributed by atoms with Crippen molar-refractivity contribution in [2.75, 3.05) is 13.2 Å². The van der Waals surface area contributed by atoms with E-state index in [0.717, 1.165) is 25.0 Å². The first-order chi connectivity index (χ1) is 25.9. The maximum atomic E-state index is 12.6. The molecule has 3 aliphatic carbocycles. The second-order valence-corrected chi connectivity index (χ2v) is 15.7. The van der Waals surface area contributed by atoms with Gasteiger partial charge in [0.25, 0.3) is 5.69 Å². The molecule has 0 aliphatic heterocycles. The van der Waals surface area contributed by atoms with E-state index in [1.165, 1.54) is 37.1 Å². The van der Waals surface area contributed by atoms with Crippen LogP contribution in [-0.2, 0) is 36.0 Å². The molecule has 0 radical (unpaired) electrons. The standard InChI is InChI=1S/C19H28NO3.C17H12N3O4S.C5H5N.Ni/c1-19(2,3)23-18(21)20-11-14-10-16(14)15-6-4-5-7-17(15)22-12-13-8-9-13;21-20(22)16-10-3-4-11-17(16)25(23,24)19-15-9-2-1-7-13(15)14-8-5-6-12-18-14;1-2-4-6-5-3-1;/h5-7,13-17H,8-12H2,1-3H3,(H,20,21);1-12H;1-5H;/q2*-1;;+2/t14-,15?,16-,17?;;;/m1.../s1. The molecule has 0 bridgehead atoms. The number of allylic oxidation sites excluding steroid dienone is 2. The first-order valence-electron chi connectivity index (χ1n) is 17.8. The molecule has 0 spiro atoms. The van der Waals surface area contributed by atoms with Crippen molar-refractivity contribution < 1.29 is 44.1 Å². The molecule has 4 aromatic rings. The van der Waals surface area contributed by atoms with Crippen LogP contribution in [0.4, 0.5) is 16.2 Å². The van der Waals surface area contributed by atoms with Crippen LogP contribution in [0.3, 0.4) is 0 Å². The Hall–Kier alpha value is -4.91. The minimum atomic E-state index is -4.26. The van der Waals surface area contributed by atoms with Crippen LogP contribution in [0, 0.1) is 39.9 Å². The summed E-state index contributed by atoms with van der Waals surface area (Å²) in [5.74, 6) is 2.27. The van der Waals surface area contributed by atoms with Crippen molar-refractivity contribution in [2.24, 2.45) is 23.7 Å². The van der Waals surface area contributed by atoms with E-state index in [4.69, 9.17) is 9.47 Å². The van der Waals surface area contributed by atoms with Gasteiger partial charge >= 0.3 is 22.6 Å². The zero-order chi connectivity index (χ0) is 38.6. The first-order valence-corrected chi connectivity index (χ1v) is 19.3. The Morgan fingerprint density at radius 3 is 2.31 bits per heavy atom. The zero-order valence-electron chi connectivity index (χ0n) is 30.8. The van der Waals surface area contributed by atoms with Crippen molar-refractivity contribution in [1.82, 2.24) is 15.3 Å². The molecule has 1 N–H and O–H groups in total. The van der Waals surface area contributed by atoms with Gasteiger partial charge in [-0.25, -0.2) is 25.4 Å². The molecule has 7 rings (SSSR count). The number of para-hydroxylation sites is 1. The minimum absolute atomic E-state index is 0. The minimum Gasteiger partial charge on any atom is -0.572 e. The third-order valence-corrected chi connectivity index (χ3v) is 9.96. The van der Waals surface area contributed by atoms with Crippen LogP contribution in [0.5, 0.6) is 0 Å². The predicted molar refractivity (Wildman–Crippen MR) is 206 cm³/mol. The fraction of sp³-hybridized carbons (Fsp3) is 0.341. The summed E-state index contributed by atoms with van der Waals surface area (Å²) < 4.78 is 40.4. The van der Waals surface area contributed by atoms with Gasteiger partial charge in [0.1, 0.15) is 20.5 Å². The first kappa shape index (κ1) is 42.8. The predicted octanol–water partition coefficient (Wildman–Crippen LogP) is 8.62.